The molecule has 1 unspecified atom stereocenters. The summed E-state index contributed by atoms with van der Waals surface area (Å²) in [6.45, 7) is 2.73. The highest BCUT2D eigenvalue weighted by Crippen LogP contribution is 2.44. The first-order valence-electron chi connectivity index (χ1n) is 10.5. The molecule has 1 aromatic heterocycles. The number of morpholine rings is 1. The summed E-state index contributed by atoms with van der Waals surface area (Å²) in [6, 6.07) is 5.55. The van der Waals surface area contributed by atoms with Gasteiger partial charge in [-0.05, 0) is 55.4 Å². The number of sulfone groups is 1. The molecule has 0 bridgehead atoms. The summed E-state index contributed by atoms with van der Waals surface area (Å²) < 4.78 is 32.5. The molecule has 1 aliphatic heterocycles. The zero-order valence-corrected chi connectivity index (χ0v) is 21.5. The Hall–Kier alpha value is -1.03. The minimum absolute atomic E-state index is 0.189. The van der Waals surface area contributed by atoms with Gasteiger partial charge in [-0.25, -0.2) is 18.4 Å². The van der Waals surface area contributed by atoms with Gasteiger partial charge in [0.05, 0.1) is 23.9 Å². The summed E-state index contributed by atoms with van der Waals surface area (Å²) in [7, 11) is -0.515. The Kier molecular flexibility index (Phi) is 7.05. The van der Waals surface area contributed by atoms with Crippen LogP contribution in [-0.4, -0.2) is 53.6 Å². The van der Waals surface area contributed by atoms with E-state index in [4.69, 9.17) is 10.5 Å². The Morgan fingerprint density at radius 1 is 1.13 bits per heavy atom. The third-order valence-corrected chi connectivity index (χ3v) is 9.54. The van der Waals surface area contributed by atoms with Gasteiger partial charge in [0.1, 0.15) is 0 Å². The molecule has 1 aromatic carbocycles. The van der Waals surface area contributed by atoms with Crippen molar-refractivity contribution in [2.45, 2.75) is 33.7 Å². The van der Waals surface area contributed by atoms with Gasteiger partial charge in [-0.1, -0.05) is 22.6 Å². The van der Waals surface area contributed by atoms with Crippen LogP contribution in [0.4, 0.5) is 11.6 Å². The quantitative estimate of drug-likeness (QED) is 0.332. The molecule has 2 N–H and O–H groups in total. The SMILES string of the molecule is Nc1ncc(-c2cc(N3CCOCC3)cc(S(=O)(=O)CC3CCC(P)(I)CC3)c2)cn1. The number of aromatic nitrogens is 2. The molecule has 10 heteroatoms. The van der Waals surface area contributed by atoms with Crippen LogP contribution in [0.3, 0.4) is 0 Å². The van der Waals surface area contributed by atoms with E-state index in [2.05, 4.69) is 46.7 Å². The maximum absolute atomic E-state index is 13.4. The van der Waals surface area contributed by atoms with Crippen molar-refractivity contribution in [2.24, 2.45) is 5.92 Å². The highest BCUT2D eigenvalue weighted by molar-refractivity contribution is 14.1. The summed E-state index contributed by atoms with van der Waals surface area (Å²) in [5.41, 5.74) is 8.04. The number of hydrogen-bond donors (Lipinski definition) is 1. The molecule has 0 spiro atoms. The zero-order chi connectivity index (χ0) is 22.1. The summed E-state index contributed by atoms with van der Waals surface area (Å²) >= 11 is 2.47. The van der Waals surface area contributed by atoms with Gasteiger partial charge in [-0.2, -0.15) is 0 Å². The normalized spacial score (nSPS) is 24.8. The molecule has 1 saturated carbocycles. The van der Waals surface area contributed by atoms with Gasteiger partial charge >= 0.3 is 0 Å². The first kappa shape index (κ1) is 23.1. The fourth-order valence-corrected chi connectivity index (χ4v) is 6.86. The monoisotopic (exact) mass is 574 g/mol. The van der Waals surface area contributed by atoms with E-state index in [1.54, 1.807) is 18.5 Å². The molecular weight excluding hydrogens is 546 g/mol. The zero-order valence-electron chi connectivity index (χ0n) is 17.3. The summed E-state index contributed by atoms with van der Waals surface area (Å²) in [6.07, 6.45) is 7.20. The number of nitrogens with zero attached hydrogens (tertiary/aromatic N) is 3. The maximum Gasteiger partial charge on any atom is 0.219 e. The molecule has 0 amide bonds. The van der Waals surface area contributed by atoms with Crippen molar-refractivity contribution in [3.05, 3.63) is 30.6 Å². The minimum atomic E-state index is -3.43. The topological polar surface area (TPSA) is 98.4 Å². The van der Waals surface area contributed by atoms with Crippen molar-refractivity contribution in [3.63, 3.8) is 0 Å². The van der Waals surface area contributed by atoms with E-state index in [-0.39, 0.29) is 20.8 Å². The number of benzene rings is 1. The predicted octanol–water partition coefficient (Wildman–Crippen LogP) is 3.53. The molecule has 1 aliphatic carbocycles. The Bertz CT molecular complexity index is 1020. The number of rotatable bonds is 5. The van der Waals surface area contributed by atoms with Crippen LogP contribution in [0, 0.1) is 5.92 Å². The molecule has 7 nitrogen and oxygen atoms in total. The van der Waals surface area contributed by atoms with Crippen molar-refractivity contribution in [2.75, 3.05) is 42.7 Å². The first-order valence-corrected chi connectivity index (χ1v) is 13.8. The van der Waals surface area contributed by atoms with Gasteiger partial charge in [0.2, 0.25) is 5.95 Å². The van der Waals surface area contributed by atoms with Crippen LogP contribution < -0.4 is 10.6 Å². The fourth-order valence-electron chi connectivity index (χ4n) is 4.15. The molecule has 2 aliphatic rings. The Morgan fingerprint density at radius 3 is 2.42 bits per heavy atom. The lowest BCUT2D eigenvalue weighted by Gasteiger charge is -2.32. The molecule has 2 heterocycles. The van der Waals surface area contributed by atoms with Crippen LogP contribution >= 0.6 is 31.8 Å². The van der Waals surface area contributed by atoms with Gasteiger partial charge in [0, 0.05) is 39.9 Å². The minimum Gasteiger partial charge on any atom is -0.378 e. The van der Waals surface area contributed by atoms with E-state index in [9.17, 15) is 8.42 Å². The molecular formula is C21H28IN4O3PS. The van der Waals surface area contributed by atoms with E-state index < -0.39 is 9.84 Å². The van der Waals surface area contributed by atoms with Crippen LogP contribution in [0.15, 0.2) is 35.5 Å². The average Bonchev–Trinajstić information content (AvgIpc) is 2.76. The molecule has 2 aromatic rings. The van der Waals surface area contributed by atoms with Crippen molar-refractivity contribution < 1.29 is 13.2 Å². The standard InChI is InChI=1S/C21H28IN4O3PS/c22-21(30)3-1-15(2-4-21)14-31(27,28)19-10-16(17-12-24-20(23)25-13-17)9-18(11-19)26-5-7-29-8-6-26/h9-13,15H,1-8,14,30H2,(H2,23,24,25). The molecule has 0 radical (unpaired) electrons. The molecule has 4 rings (SSSR count). The van der Waals surface area contributed by atoms with Gasteiger partial charge in [0.15, 0.2) is 9.84 Å². The average molecular weight is 574 g/mol. The first-order chi connectivity index (χ1) is 14.7. The summed E-state index contributed by atoms with van der Waals surface area (Å²) in [5, 5.41) is 0. The van der Waals surface area contributed by atoms with Crippen molar-refractivity contribution >= 4 is 53.3 Å². The van der Waals surface area contributed by atoms with Crippen molar-refractivity contribution in [1.82, 2.24) is 9.97 Å². The largest absolute Gasteiger partial charge is 0.378 e. The summed E-state index contributed by atoms with van der Waals surface area (Å²) in [5.74, 6) is 0.580. The second-order valence-electron chi connectivity index (χ2n) is 8.40. The van der Waals surface area contributed by atoms with Crippen LogP contribution in [0.25, 0.3) is 11.1 Å². The smallest absolute Gasteiger partial charge is 0.219 e. The summed E-state index contributed by atoms with van der Waals surface area (Å²) in [4.78, 5) is 10.7. The maximum atomic E-state index is 13.4. The second-order valence-corrected chi connectivity index (χ2v) is 14.9. The highest BCUT2D eigenvalue weighted by atomic mass is 127. The number of alkyl halides is 1. The molecule has 1 saturated heterocycles. The number of nitrogen functional groups attached to an aromatic ring is 1. The van der Waals surface area contributed by atoms with Gasteiger partial charge in [0.25, 0.3) is 0 Å². The van der Waals surface area contributed by atoms with E-state index in [0.29, 0.717) is 18.1 Å². The number of anilines is 2. The highest BCUT2D eigenvalue weighted by Gasteiger charge is 2.32. The van der Waals surface area contributed by atoms with Crippen LogP contribution in [0.5, 0.6) is 0 Å². The van der Waals surface area contributed by atoms with E-state index in [0.717, 1.165) is 55.6 Å². The van der Waals surface area contributed by atoms with Crippen LogP contribution in [0.1, 0.15) is 25.7 Å². The third-order valence-electron chi connectivity index (χ3n) is 6.02. The lowest BCUT2D eigenvalue weighted by Crippen LogP contribution is -2.36. The third kappa shape index (κ3) is 5.86. The van der Waals surface area contributed by atoms with Crippen LogP contribution in [-0.2, 0) is 14.6 Å². The van der Waals surface area contributed by atoms with Gasteiger partial charge < -0.3 is 15.4 Å². The number of hydrogen-bond acceptors (Lipinski definition) is 7. The van der Waals surface area contributed by atoms with E-state index >= 15 is 0 Å². The van der Waals surface area contributed by atoms with Crippen LogP contribution in [0.2, 0.25) is 0 Å². The second kappa shape index (κ2) is 9.45. The van der Waals surface area contributed by atoms with Gasteiger partial charge in [-0.3, -0.25) is 0 Å². The van der Waals surface area contributed by atoms with E-state index in [1.165, 1.54) is 0 Å². The number of halogens is 1. The predicted molar refractivity (Wildman–Crippen MR) is 135 cm³/mol. The number of nitrogens with two attached hydrogens (primary N) is 1. The lowest BCUT2D eigenvalue weighted by atomic mass is 9.90. The Balaban J connectivity index is 1.66. The van der Waals surface area contributed by atoms with Crippen molar-refractivity contribution in [1.29, 1.82) is 0 Å². The van der Waals surface area contributed by atoms with E-state index in [1.807, 2.05) is 12.1 Å². The Morgan fingerprint density at radius 2 is 1.77 bits per heavy atom. The van der Waals surface area contributed by atoms with Crippen molar-refractivity contribution in [3.8, 4) is 11.1 Å². The lowest BCUT2D eigenvalue weighted by molar-refractivity contribution is 0.122. The number of ether oxygens (including phenoxy) is 1. The van der Waals surface area contributed by atoms with Gasteiger partial charge in [-0.15, -0.1) is 9.24 Å². The molecule has 2 fully saturated rings. The Labute approximate surface area is 199 Å². The molecule has 168 valence electrons. The molecule has 1 atom stereocenters. The molecule has 31 heavy (non-hydrogen) atoms. The fraction of sp³-hybridized carbons (Fsp3) is 0.524.